The molecule has 2 aliphatic rings. The number of benzene rings is 2. The molecule has 0 spiro atoms. The Hall–Kier alpha value is -3.42. The van der Waals surface area contributed by atoms with E-state index in [0.29, 0.717) is 35.7 Å². The Kier molecular flexibility index (Phi) is 5.31. The van der Waals surface area contributed by atoms with Crippen molar-refractivity contribution in [2.45, 2.75) is 39.2 Å². The zero-order valence-electron chi connectivity index (χ0n) is 18.9. The maximum atomic E-state index is 14.2. The molecule has 8 heteroatoms. The number of fused-ring (bicyclic) bond motifs is 2. The minimum absolute atomic E-state index is 0.00189. The van der Waals surface area contributed by atoms with Gasteiger partial charge in [-0.25, -0.2) is 8.78 Å². The summed E-state index contributed by atoms with van der Waals surface area (Å²) in [6.45, 7) is 4.83. The molecule has 0 aliphatic carbocycles. The molecule has 0 radical (unpaired) electrons. The van der Waals surface area contributed by atoms with Crippen molar-refractivity contribution >= 4 is 28.7 Å². The lowest BCUT2D eigenvalue weighted by Gasteiger charge is -2.37. The molecule has 0 saturated heterocycles. The first-order chi connectivity index (χ1) is 15.8. The lowest BCUT2D eigenvalue weighted by Crippen LogP contribution is -2.31. The molecule has 3 aromatic rings. The van der Waals surface area contributed by atoms with Gasteiger partial charge >= 0.3 is 0 Å². The van der Waals surface area contributed by atoms with Crippen LogP contribution in [0, 0.1) is 5.92 Å². The van der Waals surface area contributed by atoms with Crippen molar-refractivity contribution in [2.24, 2.45) is 13.0 Å². The fourth-order valence-electron chi connectivity index (χ4n) is 4.93. The molecule has 2 aromatic carbocycles. The van der Waals surface area contributed by atoms with Crippen LogP contribution in [-0.4, -0.2) is 28.3 Å². The van der Waals surface area contributed by atoms with Gasteiger partial charge in [0, 0.05) is 49.1 Å². The molecule has 2 aliphatic heterocycles. The molecular formula is C25H27F2N5O. The van der Waals surface area contributed by atoms with Gasteiger partial charge in [-0.15, -0.1) is 0 Å². The highest BCUT2D eigenvalue weighted by Gasteiger charge is 2.30. The lowest BCUT2D eigenvalue weighted by molar-refractivity contribution is -0.116. The molecule has 5 rings (SSSR count). The van der Waals surface area contributed by atoms with Gasteiger partial charge in [0.05, 0.1) is 23.3 Å². The quantitative estimate of drug-likeness (QED) is 0.552. The molecule has 0 unspecified atom stereocenters. The summed E-state index contributed by atoms with van der Waals surface area (Å²) < 4.78 is 30.0. The number of para-hydroxylation sites is 1. The Morgan fingerprint density at radius 1 is 1.15 bits per heavy atom. The largest absolute Gasteiger partial charge is 0.379 e. The van der Waals surface area contributed by atoms with Gasteiger partial charge < -0.3 is 15.5 Å². The molecule has 0 fully saturated rings. The maximum Gasteiger partial charge on any atom is 0.264 e. The first kappa shape index (κ1) is 21.4. The summed E-state index contributed by atoms with van der Waals surface area (Å²) in [6.07, 6.45) is 1.95. The van der Waals surface area contributed by atoms with Gasteiger partial charge in [-0.1, -0.05) is 13.0 Å². The van der Waals surface area contributed by atoms with Crippen LogP contribution in [0.4, 0.5) is 31.5 Å². The van der Waals surface area contributed by atoms with Crippen LogP contribution >= 0.6 is 0 Å². The highest BCUT2D eigenvalue weighted by atomic mass is 19.3. The van der Waals surface area contributed by atoms with Crippen molar-refractivity contribution in [3.05, 3.63) is 53.9 Å². The SMILES string of the molecule is C[C@H]1Cc2cc(-c3cnn(C)c3)c(C(F)F)cc2N(c2cccc3c2N[C@H](C)CC(=O)N3)C1. The van der Waals surface area contributed by atoms with E-state index in [-0.39, 0.29) is 17.5 Å². The summed E-state index contributed by atoms with van der Waals surface area (Å²) in [5.74, 6) is 0.282. The number of hydrogen-bond acceptors (Lipinski definition) is 4. The number of amides is 1. The number of anilines is 4. The van der Waals surface area contributed by atoms with E-state index in [9.17, 15) is 13.6 Å². The normalized spacial score (nSPS) is 20.1. The number of halogens is 2. The smallest absolute Gasteiger partial charge is 0.264 e. The predicted molar refractivity (Wildman–Crippen MR) is 126 cm³/mol. The van der Waals surface area contributed by atoms with E-state index >= 15 is 0 Å². The number of hydrogen-bond donors (Lipinski definition) is 2. The van der Waals surface area contributed by atoms with E-state index in [1.54, 1.807) is 30.2 Å². The highest BCUT2D eigenvalue weighted by Crippen LogP contribution is 2.46. The average molecular weight is 452 g/mol. The molecule has 0 saturated carbocycles. The third kappa shape index (κ3) is 3.94. The summed E-state index contributed by atoms with van der Waals surface area (Å²) in [5, 5.41) is 10.6. The number of carbonyl (C=O) groups excluding carboxylic acids is 1. The predicted octanol–water partition coefficient (Wildman–Crippen LogP) is 5.50. The molecule has 33 heavy (non-hydrogen) atoms. The second-order valence-electron chi connectivity index (χ2n) is 9.19. The summed E-state index contributed by atoms with van der Waals surface area (Å²) in [5.41, 5.74) is 5.44. The van der Waals surface area contributed by atoms with Gasteiger partial charge in [0.1, 0.15) is 0 Å². The van der Waals surface area contributed by atoms with Gasteiger partial charge in [0.2, 0.25) is 5.91 Å². The van der Waals surface area contributed by atoms with Crippen LogP contribution in [0.25, 0.3) is 11.1 Å². The number of carbonyl (C=O) groups is 1. The molecule has 2 atom stereocenters. The van der Waals surface area contributed by atoms with Gasteiger partial charge in [0.15, 0.2) is 0 Å². The van der Waals surface area contributed by atoms with Crippen LogP contribution in [0.15, 0.2) is 42.7 Å². The maximum absolute atomic E-state index is 14.2. The zero-order chi connectivity index (χ0) is 23.3. The highest BCUT2D eigenvalue weighted by molar-refractivity contribution is 6.00. The van der Waals surface area contributed by atoms with Gasteiger partial charge in [-0.2, -0.15) is 5.10 Å². The first-order valence-corrected chi connectivity index (χ1v) is 11.2. The van der Waals surface area contributed by atoms with Crippen molar-refractivity contribution in [3.63, 3.8) is 0 Å². The van der Waals surface area contributed by atoms with Crippen LogP contribution in [0.3, 0.4) is 0 Å². The number of nitrogens with one attached hydrogen (secondary N) is 2. The Morgan fingerprint density at radius 2 is 1.97 bits per heavy atom. The Labute approximate surface area is 191 Å². The third-order valence-electron chi connectivity index (χ3n) is 6.34. The molecular weight excluding hydrogens is 424 g/mol. The number of nitrogens with zero attached hydrogens (tertiary/aromatic N) is 3. The van der Waals surface area contributed by atoms with E-state index in [1.807, 2.05) is 31.2 Å². The van der Waals surface area contributed by atoms with E-state index in [0.717, 1.165) is 29.0 Å². The molecule has 1 amide bonds. The summed E-state index contributed by atoms with van der Waals surface area (Å²) in [7, 11) is 1.78. The zero-order valence-corrected chi connectivity index (χ0v) is 18.9. The van der Waals surface area contributed by atoms with Crippen LogP contribution in [0.5, 0.6) is 0 Å². The summed E-state index contributed by atoms with van der Waals surface area (Å²) >= 11 is 0. The lowest BCUT2D eigenvalue weighted by atomic mass is 9.88. The van der Waals surface area contributed by atoms with Crippen LogP contribution in [0.2, 0.25) is 0 Å². The fourth-order valence-corrected chi connectivity index (χ4v) is 4.93. The van der Waals surface area contributed by atoms with Crippen molar-refractivity contribution in [1.29, 1.82) is 0 Å². The molecule has 1 aromatic heterocycles. The standard InChI is InChI=1S/C25H27F2N5O/c1-14-7-16-9-18(17-11-28-31(3)13-17)19(25(26)27)10-22(16)32(12-14)21-6-4-5-20-24(21)29-15(2)8-23(33)30-20/h4-6,9-11,13-15,25,29H,7-8,12H2,1-3H3,(H,30,33)/t14-,15+/m0/s1. The minimum atomic E-state index is -2.61. The monoisotopic (exact) mass is 451 g/mol. The van der Waals surface area contributed by atoms with E-state index in [1.165, 1.54) is 0 Å². The number of aromatic nitrogens is 2. The van der Waals surface area contributed by atoms with Crippen LogP contribution < -0.4 is 15.5 Å². The molecule has 3 heterocycles. The summed E-state index contributed by atoms with van der Waals surface area (Å²) in [4.78, 5) is 14.3. The van der Waals surface area contributed by atoms with Crippen molar-refractivity contribution in [3.8, 4) is 11.1 Å². The summed E-state index contributed by atoms with van der Waals surface area (Å²) in [6, 6.07) is 9.23. The van der Waals surface area contributed by atoms with Crippen LogP contribution in [-0.2, 0) is 18.3 Å². The van der Waals surface area contributed by atoms with Crippen molar-refractivity contribution in [2.75, 3.05) is 22.1 Å². The van der Waals surface area contributed by atoms with Gasteiger partial charge in [0.25, 0.3) is 6.43 Å². The molecule has 172 valence electrons. The topological polar surface area (TPSA) is 62.2 Å². The number of alkyl halides is 2. The Bertz CT molecular complexity index is 1220. The van der Waals surface area contributed by atoms with Gasteiger partial charge in [-0.05, 0) is 54.7 Å². The average Bonchev–Trinajstić information content (AvgIpc) is 3.12. The van der Waals surface area contributed by atoms with E-state index in [2.05, 4.69) is 27.6 Å². The third-order valence-corrected chi connectivity index (χ3v) is 6.34. The Balaban J connectivity index is 1.67. The van der Waals surface area contributed by atoms with E-state index < -0.39 is 6.43 Å². The molecule has 2 N–H and O–H groups in total. The minimum Gasteiger partial charge on any atom is -0.379 e. The second kappa shape index (κ2) is 8.17. The number of rotatable bonds is 3. The van der Waals surface area contributed by atoms with Gasteiger partial charge in [-0.3, -0.25) is 9.48 Å². The Morgan fingerprint density at radius 3 is 2.70 bits per heavy atom. The fraction of sp³-hybridized carbons (Fsp3) is 0.360. The van der Waals surface area contributed by atoms with Crippen molar-refractivity contribution < 1.29 is 13.6 Å². The van der Waals surface area contributed by atoms with Crippen LogP contribution in [0.1, 0.15) is 37.8 Å². The number of aryl methyl sites for hydroxylation is 1. The molecule has 6 nitrogen and oxygen atoms in total. The van der Waals surface area contributed by atoms with E-state index in [4.69, 9.17) is 0 Å². The molecule has 0 bridgehead atoms. The van der Waals surface area contributed by atoms with Crippen molar-refractivity contribution in [1.82, 2.24) is 9.78 Å². The second-order valence-corrected chi connectivity index (χ2v) is 9.19. The first-order valence-electron chi connectivity index (χ1n) is 11.2.